The first kappa shape index (κ1) is 21.0. The van der Waals surface area contributed by atoms with Crippen LogP contribution in [0, 0.1) is 0 Å². The van der Waals surface area contributed by atoms with Gasteiger partial charge >= 0.3 is 0 Å². The molecule has 1 N–H and O–H groups in total. The molecule has 0 radical (unpaired) electrons. The molecule has 9 nitrogen and oxygen atoms in total. The van der Waals surface area contributed by atoms with Gasteiger partial charge < -0.3 is 19.9 Å². The number of carbonyl (C=O) groups is 2. The number of nitrogens with zero attached hydrogens (tertiary/aromatic N) is 5. The molecule has 1 spiro atoms. The lowest BCUT2D eigenvalue weighted by molar-refractivity contribution is -0.145. The van der Waals surface area contributed by atoms with Gasteiger partial charge in [0.05, 0.1) is 24.8 Å². The van der Waals surface area contributed by atoms with Gasteiger partial charge in [-0.2, -0.15) is 0 Å². The fourth-order valence-electron chi connectivity index (χ4n) is 4.77. The maximum atomic E-state index is 13.0. The Hall–Kier alpha value is -2.26. The van der Waals surface area contributed by atoms with Crippen molar-refractivity contribution < 1.29 is 14.3 Å². The Balaban J connectivity index is 1.45. The minimum absolute atomic E-state index is 0.0395. The molecule has 1 aromatic rings. The predicted molar refractivity (Wildman–Crippen MR) is 112 cm³/mol. The maximum absolute atomic E-state index is 13.0. The van der Waals surface area contributed by atoms with Crippen LogP contribution in [0.5, 0.6) is 0 Å². The van der Waals surface area contributed by atoms with E-state index in [-0.39, 0.29) is 24.3 Å². The van der Waals surface area contributed by atoms with Crippen molar-refractivity contribution in [3.8, 4) is 0 Å². The largest absolute Gasteiger partial charge is 0.368 e. The number of hydrogen-bond acceptors (Lipinski definition) is 7. The summed E-state index contributed by atoms with van der Waals surface area (Å²) in [6.45, 7) is 6.12. The van der Waals surface area contributed by atoms with Gasteiger partial charge in [0.1, 0.15) is 5.60 Å². The number of likely N-dealkylation sites (N-methyl/N-ethyl adjacent to an activating group) is 1. The van der Waals surface area contributed by atoms with Crippen LogP contribution in [0.3, 0.4) is 0 Å². The molecule has 2 amide bonds. The van der Waals surface area contributed by atoms with Gasteiger partial charge in [-0.05, 0) is 31.4 Å². The zero-order valence-corrected chi connectivity index (χ0v) is 18.2. The number of likely N-dealkylation sites (tertiary alicyclic amines) is 1. The number of piperidine rings is 1. The van der Waals surface area contributed by atoms with Crippen molar-refractivity contribution in [1.29, 1.82) is 0 Å². The number of carbonyl (C=O) groups excluding carboxylic acids is 2. The fraction of sp³-hybridized carbons (Fsp3) is 0.714. The van der Waals surface area contributed by atoms with E-state index in [2.05, 4.69) is 15.2 Å². The Morgan fingerprint density at radius 1 is 1.33 bits per heavy atom. The van der Waals surface area contributed by atoms with E-state index in [1.807, 2.05) is 37.0 Å². The highest BCUT2D eigenvalue weighted by molar-refractivity contribution is 5.88. The highest BCUT2D eigenvalue weighted by Gasteiger charge is 2.44. The number of amides is 2. The van der Waals surface area contributed by atoms with Gasteiger partial charge in [-0.1, -0.05) is 6.92 Å². The lowest BCUT2D eigenvalue weighted by Gasteiger charge is -2.44. The van der Waals surface area contributed by atoms with Crippen molar-refractivity contribution in [3.63, 3.8) is 0 Å². The van der Waals surface area contributed by atoms with Gasteiger partial charge in [0.15, 0.2) is 0 Å². The van der Waals surface area contributed by atoms with E-state index < -0.39 is 5.60 Å². The second-order valence-corrected chi connectivity index (χ2v) is 8.55. The first-order chi connectivity index (χ1) is 14.4. The predicted octanol–water partition coefficient (Wildman–Crippen LogP) is 0.143. The molecule has 4 rings (SSSR count). The molecule has 1 atom stereocenters. The van der Waals surface area contributed by atoms with Gasteiger partial charge in [0.2, 0.25) is 17.8 Å². The summed E-state index contributed by atoms with van der Waals surface area (Å²) in [6, 6.07) is -0.366. The quantitative estimate of drug-likeness (QED) is 0.747. The summed E-state index contributed by atoms with van der Waals surface area (Å²) >= 11 is 0. The summed E-state index contributed by atoms with van der Waals surface area (Å²) in [5, 5.41) is 2.89. The van der Waals surface area contributed by atoms with Gasteiger partial charge in [0.25, 0.3) is 0 Å². The topological polar surface area (TPSA) is 90.9 Å². The van der Waals surface area contributed by atoms with E-state index in [1.54, 1.807) is 0 Å². The van der Waals surface area contributed by atoms with Crippen molar-refractivity contribution in [2.45, 2.75) is 44.2 Å². The molecule has 0 aromatic carbocycles. The first-order valence-electron chi connectivity index (χ1n) is 10.9. The molecule has 1 unspecified atom stereocenters. The summed E-state index contributed by atoms with van der Waals surface area (Å²) in [6.07, 6.45) is 4.39. The molecule has 3 aliphatic heterocycles. The third-order valence-corrected chi connectivity index (χ3v) is 6.57. The van der Waals surface area contributed by atoms with Crippen LogP contribution >= 0.6 is 0 Å². The van der Waals surface area contributed by atoms with Crippen molar-refractivity contribution in [1.82, 2.24) is 25.1 Å². The van der Waals surface area contributed by atoms with E-state index in [0.717, 1.165) is 30.8 Å². The van der Waals surface area contributed by atoms with Crippen LogP contribution in [0.1, 0.15) is 37.4 Å². The summed E-state index contributed by atoms with van der Waals surface area (Å²) in [5.41, 5.74) is 1.67. The second-order valence-electron chi connectivity index (χ2n) is 8.55. The van der Waals surface area contributed by atoms with Gasteiger partial charge in [-0.25, -0.2) is 9.97 Å². The summed E-state index contributed by atoms with van der Waals surface area (Å²) < 4.78 is 6.28. The molecule has 0 aliphatic carbocycles. The number of fused-ring (bicyclic) bond motifs is 2. The van der Waals surface area contributed by atoms with E-state index >= 15 is 0 Å². The highest BCUT2D eigenvalue weighted by Crippen LogP contribution is 2.40. The first-order valence-corrected chi connectivity index (χ1v) is 10.9. The molecule has 9 heteroatoms. The third kappa shape index (κ3) is 3.88. The summed E-state index contributed by atoms with van der Waals surface area (Å²) in [7, 11) is 3.86. The molecule has 0 saturated carbocycles. The van der Waals surface area contributed by atoms with Crippen molar-refractivity contribution >= 4 is 17.8 Å². The molecule has 0 bridgehead atoms. The van der Waals surface area contributed by atoms with Crippen LogP contribution in [-0.4, -0.2) is 91.0 Å². The smallest absolute Gasteiger partial charge is 0.237 e. The van der Waals surface area contributed by atoms with Crippen LogP contribution in [0.4, 0.5) is 5.95 Å². The van der Waals surface area contributed by atoms with Crippen LogP contribution in [0.2, 0.25) is 0 Å². The molecule has 2 saturated heterocycles. The van der Waals surface area contributed by atoms with Crippen LogP contribution in [-0.2, 0) is 26.3 Å². The molecular weight excluding hydrogens is 384 g/mol. The number of anilines is 1. The summed E-state index contributed by atoms with van der Waals surface area (Å²) in [5.74, 6) is 0.681. The van der Waals surface area contributed by atoms with E-state index in [1.165, 1.54) is 0 Å². The van der Waals surface area contributed by atoms with Crippen molar-refractivity contribution in [2.24, 2.45) is 0 Å². The summed E-state index contributed by atoms with van der Waals surface area (Å²) in [4.78, 5) is 40.4. The maximum Gasteiger partial charge on any atom is 0.237 e. The Labute approximate surface area is 177 Å². The molecule has 164 valence electrons. The number of rotatable bonds is 4. The SMILES string of the molecule is CCN1CCNC(=O)C1CC(=O)N1CCC2(CC1)OCCc1cnc(N(C)C)nc12. The number of nitrogens with one attached hydrogen (secondary N) is 1. The van der Waals surface area contributed by atoms with Gasteiger partial charge in [-0.3, -0.25) is 14.5 Å². The fourth-order valence-corrected chi connectivity index (χ4v) is 4.77. The molecule has 4 heterocycles. The lowest BCUT2D eigenvalue weighted by Crippen LogP contribution is -2.57. The molecule has 3 aliphatic rings. The molecular formula is C21H32N6O3. The van der Waals surface area contributed by atoms with E-state index in [9.17, 15) is 9.59 Å². The number of ether oxygens (including phenoxy) is 1. The Morgan fingerprint density at radius 2 is 2.10 bits per heavy atom. The number of aromatic nitrogens is 2. The third-order valence-electron chi connectivity index (χ3n) is 6.57. The van der Waals surface area contributed by atoms with Gasteiger partial charge in [-0.15, -0.1) is 0 Å². The van der Waals surface area contributed by atoms with Crippen molar-refractivity contribution in [2.75, 3.05) is 58.3 Å². The number of hydrogen-bond donors (Lipinski definition) is 1. The Bertz CT molecular complexity index is 806. The van der Waals surface area contributed by atoms with E-state index in [4.69, 9.17) is 9.72 Å². The molecule has 30 heavy (non-hydrogen) atoms. The Morgan fingerprint density at radius 3 is 2.80 bits per heavy atom. The van der Waals surface area contributed by atoms with E-state index in [0.29, 0.717) is 45.0 Å². The van der Waals surface area contributed by atoms with Crippen LogP contribution in [0.25, 0.3) is 0 Å². The second kappa shape index (κ2) is 8.47. The average Bonchev–Trinajstić information content (AvgIpc) is 2.75. The molecule has 1 aromatic heterocycles. The minimum Gasteiger partial charge on any atom is -0.368 e. The van der Waals surface area contributed by atoms with Gasteiger partial charge in [0, 0.05) is 46.5 Å². The zero-order valence-electron chi connectivity index (χ0n) is 18.2. The normalized spacial score (nSPS) is 23.8. The standard InChI is InChI=1S/C21H32N6O3/c1-4-26-11-8-22-19(29)16(26)13-17(28)27-9-6-21(7-10-27)18-15(5-12-30-21)14-23-20(24-18)25(2)3/h14,16H,4-13H2,1-3H3,(H,22,29). The lowest BCUT2D eigenvalue weighted by atomic mass is 9.83. The zero-order chi connectivity index (χ0) is 21.3. The molecule has 2 fully saturated rings. The average molecular weight is 417 g/mol. The number of piperazine rings is 1. The highest BCUT2D eigenvalue weighted by atomic mass is 16.5. The monoisotopic (exact) mass is 416 g/mol. The van der Waals surface area contributed by atoms with Crippen molar-refractivity contribution in [3.05, 3.63) is 17.5 Å². The minimum atomic E-state index is -0.449. The Kier molecular flexibility index (Phi) is 5.92. The van der Waals surface area contributed by atoms with Crippen LogP contribution in [0.15, 0.2) is 6.20 Å². The van der Waals surface area contributed by atoms with Crippen LogP contribution < -0.4 is 10.2 Å².